The van der Waals surface area contributed by atoms with Crippen LogP contribution < -0.4 is 10.0 Å². The van der Waals surface area contributed by atoms with Crippen molar-refractivity contribution in [3.63, 3.8) is 0 Å². The molecule has 5 nitrogen and oxygen atoms in total. The average molecular weight is 408 g/mol. The van der Waals surface area contributed by atoms with Gasteiger partial charge in [-0.1, -0.05) is 0 Å². The van der Waals surface area contributed by atoms with E-state index in [0.29, 0.717) is 16.7 Å². The Kier molecular flexibility index (Phi) is 7.21. The van der Waals surface area contributed by atoms with Gasteiger partial charge in [-0.05, 0) is 57.3 Å². The lowest BCUT2D eigenvalue weighted by Gasteiger charge is -2.22. The summed E-state index contributed by atoms with van der Waals surface area (Å²) in [6, 6.07) is 3.50. The Labute approximate surface area is 157 Å². The molecule has 134 valence electrons. The number of thiazole rings is 1. The second-order valence-corrected chi connectivity index (χ2v) is 9.91. The number of sulfonamides is 1. The first kappa shape index (κ1) is 19.8. The summed E-state index contributed by atoms with van der Waals surface area (Å²) in [6.45, 7) is 4.52. The molecule has 3 rings (SSSR count). The number of nitrogens with one attached hydrogen (secondary N) is 2. The third kappa shape index (κ3) is 5.00. The van der Waals surface area contributed by atoms with Crippen LogP contribution in [0.15, 0.2) is 21.7 Å². The molecule has 0 bridgehead atoms. The molecular formula is C15H22ClN3O2S3. The molecule has 2 N–H and O–H groups in total. The zero-order valence-electron chi connectivity index (χ0n) is 13.4. The minimum Gasteiger partial charge on any atom is -0.316 e. The minimum atomic E-state index is -3.42. The van der Waals surface area contributed by atoms with Gasteiger partial charge in [0, 0.05) is 11.9 Å². The third-order valence-corrected chi connectivity index (χ3v) is 7.80. The number of hydrogen-bond donors (Lipinski definition) is 2. The third-order valence-electron chi connectivity index (χ3n) is 3.96. The van der Waals surface area contributed by atoms with Crippen LogP contribution in [0.25, 0.3) is 10.6 Å². The zero-order valence-corrected chi connectivity index (χ0v) is 16.7. The summed E-state index contributed by atoms with van der Waals surface area (Å²) in [7, 11) is -3.42. The maximum absolute atomic E-state index is 12.4. The van der Waals surface area contributed by atoms with E-state index in [4.69, 9.17) is 0 Å². The number of halogens is 1. The Morgan fingerprint density at radius 3 is 2.92 bits per heavy atom. The molecule has 1 aliphatic heterocycles. The summed E-state index contributed by atoms with van der Waals surface area (Å²) in [6.07, 6.45) is 3.25. The maximum atomic E-state index is 12.4. The number of thiophene rings is 1. The van der Waals surface area contributed by atoms with Gasteiger partial charge in [-0.2, -0.15) is 0 Å². The van der Waals surface area contributed by atoms with E-state index in [1.807, 2.05) is 18.4 Å². The van der Waals surface area contributed by atoms with Crippen LogP contribution in [-0.2, 0) is 10.0 Å². The molecule has 0 aliphatic carbocycles. The predicted octanol–water partition coefficient (Wildman–Crippen LogP) is 3.27. The molecule has 0 aromatic carbocycles. The van der Waals surface area contributed by atoms with Crippen LogP contribution in [0, 0.1) is 12.8 Å². The van der Waals surface area contributed by atoms with Crippen molar-refractivity contribution < 1.29 is 8.42 Å². The highest BCUT2D eigenvalue weighted by molar-refractivity contribution is 7.91. The van der Waals surface area contributed by atoms with Gasteiger partial charge < -0.3 is 5.32 Å². The second kappa shape index (κ2) is 8.73. The lowest BCUT2D eigenvalue weighted by atomic mass is 9.96. The lowest BCUT2D eigenvalue weighted by Crippen LogP contribution is -2.33. The van der Waals surface area contributed by atoms with Gasteiger partial charge in [0.15, 0.2) is 0 Å². The van der Waals surface area contributed by atoms with Crippen LogP contribution >= 0.6 is 35.1 Å². The van der Waals surface area contributed by atoms with Crippen molar-refractivity contribution in [1.29, 1.82) is 0 Å². The van der Waals surface area contributed by atoms with E-state index in [1.54, 1.807) is 17.4 Å². The molecule has 1 unspecified atom stereocenters. The molecule has 1 saturated heterocycles. The highest BCUT2D eigenvalue weighted by Crippen LogP contribution is 2.31. The van der Waals surface area contributed by atoms with Crippen LogP contribution in [0.1, 0.15) is 24.3 Å². The van der Waals surface area contributed by atoms with E-state index >= 15 is 0 Å². The first-order valence-corrected chi connectivity index (χ1v) is 11.0. The fraction of sp³-hybridized carbons (Fsp3) is 0.533. The fourth-order valence-electron chi connectivity index (χ4n) is 2.72. The van der Waals surface area contributed by atoms with Crippen molar-refractivity contribution in [2.45, 2.75) is 30.4 Å². The van der Waals surface area contributed by atoms with Gasteiger partial charge in [0.1, 0.15) is 4.21 Å². The molecule has 0 spiro atoms. The monoisotopic (exact) mass is 407 g/mol. The summed E-state index contributed by atoms with van der Waals surface area (Å²) < 4.78 is 27.9. The van der Waals surface area contributed by atoms with Gasteiger partial charge in [0.2, 0.25) is 10.0 Å². The SMILES string of the molecule is Cc1nc(-c2ccc(S(=O)(=O)NCCC3CCCNC3)s2)cs1.Cl. The lowest BCUT2D eigenvalue weighted by molar-refractivity contribution is 0.358. The van der Waals surface area contributed by atoms with Gasteiger partial charge in [-0.3, -0.25) is 0 Å². The topological polar surface area (TPSA) is 71.1 Å². The molecule has 1 aliphatic rings. The highest BCUT2D eigenvalue weighted by atomic mass is 35.5. The molecule has 1 fully saturated rings. The van der Waals surface area contributed by atoms with Gasteiger partial charge in [-0.15, -0.1) is 35.1 Å². The van der Waals surface area contributed by atoms with Crippen LogP contribution in [0.4, 0.5) is 0 Å². The van der Waals surface area contributed by atoms with Crippen LogP contribution in [0.5, 0.6) is 0 Å². The maximum Gasteiger partial charge on any atom is 0.250 e. The summed E-state index contributed by atoms with van der Waals surface area (Å²) in [4.78, 5) is 5.30. The van der Waals surface area contributed by atoms with E-state index in [1.165, 1.54) is 24.2 Å². The minimum absolute atomic E-state index is 0. The molecule has 0 radical (unpaired) electrons. The number of rotatable bonds is 6. The number of nitrogens with zero attached hydrogens (tertiary/aromatic N) is 1. The molecular weight excluding hydrogens is 386 g/mol. The quantitative estimate of drug-likeness (QED) is 0.770. The average Bonchev–Trinajstić information content (AvgIpc) is 3.17. The Bertz CT molecular complexity index is 752. The number of hydrogen-bond acceptors (Lipinski definition) is 6. The first-order valence-electron chi connectivity index (χ1n) is 7.77. The fourth-order valence-corrected chi connectivity index (χ4v) is 5.76. The van der Waals surface area contributed by atoms with Crippen molar-refractivity contribution in [2.24, 2.45) is 5.92 Å². The van der Waals surface area contributed by atoms with E-state index in [2.05, 4.69) is 15.0 Å². The van der Waals surface area contributed by atoms with E-state index < -0.39 is 10.0 Å². The number of aryl methyl sites for hydroxylation is 1. The van der Waals surface area contributed by atoms with Crippen molar-refractivity contribution in [3.8, 4) is 10.6 Å². The van der Waals surface area contributed by atoms with Crippen molar-refractivity contribution in [3.05, 3.63) is 22.5 Å². The molecule has 0 saturated carbocycles. The largest absolute Gasteiger partial charge is 0.316 e. The van der Waals surface area contributed by atoms with Crippen LogP contribution in [0.3, 0.4) is 0 Å². The number of aromatic nitrogens is 1. The predicted molar refractivity (Wildman–Crippen MR) is 103 cm³/mol. The van der Waals surface area contributed by atoms with Gasteiger partial charge >= 0.3 is 0 Å². The van der Waals surface area contributed by atoms with Crippen molar-refractivity contribution in [2.75, 3.05) is 19.6 Å². The highest BCUT2D eigenvalue weighted by Gasteiger charge is 2.19. The van der Waals surface area contributed by atoms with E-state index in [9.17, 15) is 8.42 Å². The van der Waals surface area contributed by atoms with Crippen LogP contribution in [0.2, 0.25) is 0 Å². The summed E-state index contributed by atoms with van der Waals surface area (Å²) >= 11 is 2.84. The smallest absolute Gasteiger partial charge is 0.250 e. The molecule has 9 heteroatoms. The molecule has 0 amide bonds. The normalized spacial score (nSPS) is 18.3. The van der Waals surface area contributed by atoms with Gasteiger partial charge in [0.05, 0.1) is 15.6 Å². The molecule has 2 aromatic rings. The number of piperidine rings is 1. The van der Waals surface area contributed by atoms with Crippen molar-refractivity contribution in [1.82, 2.24) is 15.0 Å². The summed E-state index contributed by atoms with van der Waals surface area (Å²) in [5, 5.41) is 6.30. The zero-order chi connectivity index (χ0) is 16.3. The summed E-state index contributed by atoms with van der Waals surface area (Å²) in [5.74, 6) is 0.573. The van der Waals surface area contributed by atoms with Gasteiger partial charge in [0.25, 0.3) is 0 Å². The van der Waals surface area contributed by atoms with Crippen molar-refractivity contribution >= 4 is 45.1 Å². The Balaban J connectivity index is 0.00000208. The first-order chi connectivity index (χ1) is 11.0. The molecule has 24 heavy (non-hydrogen) atoms. The molecule has 1 atom stereocenters. The molecule has 2 aromatic heterocycles. The Morgan fingerprint density at radius 1 is 1.42 bits per heavy atom. The summed E-state index contributed by atoms with van der Waals surface area (Å²) in [5.41, 5.74) is 0.854. The Hall–Kier alpha value is -0.510. The van der Waals surface area contributed by atoms with Gasteiger partial charge in [-0.25, -0.2) is 18.1 Å². The molecule has 3 heterocycles. The van der Waals surface area contributed by atoms with Crippen LogP contribution in [-0.4, -0.2) is 33.0 Å². The van der Waals surface area contributed by atoms with E-state index in [0.717, 1.165) is 35.1 Å². The second-order valence-electron chi connectivity index (χ2n) is 5.77. The standard InChI is InChI=1S/C15H21N3O2S3.ClH/c1-11-18-13(10-21-11)14-4-5-15(22-14)23(19,20)17-8-6-12-3-2-7-16-9-12;/h4-5,10,12,16-17H,2-3,6-9H2,1H3;1H. The van der Waals surface area contributed by atoms with E-state index in [-0.39, 0.29) is 12.4 Å². The Morgan fingerprint density at radius 2 is 2.25 bits per heavy atom.